The number of para-hydroxylation sites is 2. The monoisotopic (exact) mass is 669 g/mol. The Labute approximate surface area is 296 Å². The van der Waals surface area contributed by atoms with E-state index in [2.05, 4.69) is 126 Å². The number of thiophene rings is 1. The van der Waals surface area contributed by atoms with Crippen molar-refractivity contribution in [2.75, 3.05) is 0 Å². The Morgan fingerprint density at radius 3 is 2.00 bits per heavy atom. The first kappa shape index (κ1) is 28.3. The number of benzene rings is 7. The van der Waals surface area contributed by atoms with Crippen LogP contribution in [0.15, 0.2) is 168 Å². The highest BCUT2D eigenvalue weighted by molar-refractivity contribution is 7.26. The Morgan fingerprint density at radius 2 is 1.14 bits per heavy atom. The third kappa shape index (κ3) is 4.38. The van der Waals surface area contributed by atoms with Gasteiger partial charge in [-0.2, -0.15) is 0 Å². The molecule has 0 atom stereocenters. The fourth-order valence-electron chi connectivity index (χ4n) is 7.64. The summed E-state index contributed by atoms with van der Waals surface area (Å²) in [6.07, 6.45) is 0. The first-order valence-electron chi connectivity index (χ1n) is 17.1. The molecule has 0 spiro atoms. The van der Waals surface area contributed by atoms with Crippen LogP contribution in [0.25, 0.3) is 104 Å². The fraction of sp³-hybridized carbons (Fsp3) is 0. The van der Waals surface area contributed by atoms with Gasteiger partial charge in [-0.25, -0.2) is 9.97 Å². The van der Waals surface area contributed by atoms with Crippen LogP contribution in [0.3, 0.4) is 0 Å². The first-order valence-corrected chi connectivity index (χ1v) is 17.9. The summed E-state index contributed by atoms with van der Waals surface area (Å²) in [6.45, 7) is 0. The summed E-state index contributed by atoms with van der Waals surface area (Å²) in [5.74, 6) is 0.694. The van der Waals surface area contributed by atoms with Gasteiger partial charge < -0.3 is 8.98 Å². The molecule has 0 amide bonds. The van der Waals surface area contributed by atoms with Gasteiger partial charge in [0.2, 0.25) is 0 Å². The predicted molar refractivity (Wildman–Crippen MR) is 213 cm³/mol. The van der Waals surface area contributed by atoms with E-state index in [1.54, 1.807) is 0 Å². The largest absolute Gasteiger partial charge is 0.456 e. The zero-order valence-electron chi connectivity index (χ0n) is 27.2. The van der Waals surface area contributed by atoms with Crippen LogP contribution in [0.2, 0.25) is 0 Å². The van der Waals surface area contributed by atoms with Crippen molar-refractivity contribution in [1.82, 2.24) is 14.5 Å². The van der Waals surface area contributed by atoms with Gasteiger partial charge in [0.25, 0.3) is 0 Å². The van der Waals surface area contributed by atoms with Gasteiger partial charge >= 0.3 is 0 Å². The molecule has 0 unspecified atom stereocenters. The molecule has 4 heterocycles. The molecule has 4 nitrogen and oxygen atoms in total. The van der Waals surface area contributed by atoms with Gasteiger partial charge in [-0.15, -0.1) is 11.3 Å². The van der Waals surface area contributed by atoms with E-state index in [-0.39, 0.29) is 0 Å². The molecule has 0 N–H and O–H groups in total. The standard InChI is InChI=1S/C46H27N3OS/c1-2-10-29(11-3-1)46-47-37(27-38(48-46)30-20-25-42-36(26-30)32-12-5-8-16-41(32)50-42)28-18-21-31(22-19-28)49-39-15-7-4-14-35(39)44-40(49)24-23-34-33-13-6-9-17-43(33)51-45(34)44/h1-27H. The van der Waals surface area contributed by atoms with Gasteiger partial charge in [-0.1, -0.05) is 103 Å². The van der Waals surface area contributed by atoms with Gasteiger partial charge in [-0.3, -0.25) is 0 Å². The fourth-order valence-corrected chi connectivity index (χ4v) is 8.90. The van der Waals surface area contributed by atoms with Crippen molar-refractivity contribution in [1.29, 1.82) is 0 Å². The Hall–Kier alpha value is -6.56. The van der Waals surface area contributed by atoms with E-state index in [4.69, 9.17) is 14.4 Å². The zero-order valence-corrected chi connectivity index (χ0v) is 28.1. The average molecular weight is 670 g/mol. The quantitative estimate of drug-likeness (QED) is 0.187. The van der Waals surface area contributed by atoms with Gasteiger partial charge in [0.1, 0.15) is 11.2 Å². The number of hydrogen-bond donors (Lipinski definition) is 0. The summed E-state index contributed by atoms with van der Waals surface area (Å²) >= 11 is 1.88. The van der Waals surface area contributed by atoms with Gasteiger partial charge in [-0.05, 0) is 60.7 Å². The van der Waals surface area contributed by atoms with Crippen molar-refractivity contribution in [3.05, 3.63) is 164 Å². The van der Waals surface area contributed by atoms with Crippen molar-refractivity contribution >= 4 is 75.3 Å². The molecule has 0 bridgehead atoms. The second kappa shape index (κ2) is 11.0. The molecule has 51 heavy (non-hydrogen) atoms. The van der Waals surface area contributed by atoms with Crippen molar-refractivity contribution in [3.63, 3.8) is 0 Å². The van der Waals surface area contributed by atoms with E-state index in [0.717, 1.165) is 55.7 Å². The number of rotatable bonds is 4. The van der Waals surface area contributed by atoms with E-state index in [0.29, 0.717) is 5.82 Å². The minimum absolute atomic E-state index is 0.694. The summed E-state index contributed by atoms with van der Waals surface area (Å²) in [7, 11) is 0. The Kier molecular flexibility index (Phi) is 6.09. The lowest BCUT2D eigenvalue weighted by molar-refractivity contribution is 0.669. The molecule has 0 saturated heterocycles. The average Bonchev–Trinajstić information content (AvgIpc) is 3.87. The predicted octanol–water partition coefficient (Wildman–Crippen LogP) is 12.8. The molecule has 0 radical (unpaired) electrons. The first-order chi connectivity index (χ1) is 25.3. The summed E-state index contributed by atoms with van der Waals surface area (Å²) in [5.41, 5.74) is 10.0. The van der Waals surface area contributed by atoms with Gasteiger partial charge in [0.15, 0.2) is 5.82 Å². The van der Waals surface area contributed by atoms with E-state index < -0.39 is 0 Å². The lowest BCUT2D eigenvalue weighted by Gasteiger charge is -2.11. The smallest absolute Gasteiger partial charge is 0.160 e. The summed E-state index contributed by atoms with van der Waals surface area (Å²) < 4.78 is 11.2. The molecule has 4 aromatic heterocycles. The molecule has 11 rings (SSSR count). The molecule has 11 aromatic rings. The minimum atomic E-state index is 0.694. The molecule has 0 aliphatic carbocycles. The minimum Gasteiger partial charge on any atom is -0.456 e. The van der Waals surface area contributed by atoms with E-state index >= 15 is 0 Å². The third-order valence-electron chi connectivity index (χ3n) is 10.0. The van der Waals surface area contributed by atoms with Crippen LogP contribution in [-0.2, 0) is 0 Å². The van der Waals surface area contributed by atoms with Crippen molar-refractivity contribution < 1.29 is 4.42 Å². The van der Waals surface area contributed by atoms with Crippen molar-refractivity contribution in [2.45, 2.75) is 0 Å². The molecular formula is C46H27N3OS. The lowest BCUT2D eigenvalue weighted by Crippen LogP contribution is -1.97. The topological polar surface area (TPSA) is 43.9 Å². The SMILES string of the molecule is c1ccc(-c2nc(-c3ccc(-n4c5ccccc5c5c6sc7ccccc7c6ccc54)cc3)cc(-c3ccc4oc5ccccc5c4c3)n2)cc1. The lowest BCUT2D eigenvalue weighted by atomic mass is 10.0. The summed E-state index contributed by atoms with van der Waals surface area (Å²) in [5, 5.41) is 7.38. The van der Waals surface area contributed by atoms with Crippen molar-refractivity contribution in [2.24, 2.45) is 0 Å². The summed E-state index contributed by atoms with van der Waals surface area (Å²) in [4.78, 5) is 10.2. The van der Waals surface area contributed by atoms with Crippen LogP contribution < -0.4 is 0 Å². The molecule has 0 saturated carbocycles. The van der Waals surface area contributed by atoms with Crippen LogP contribution in [-0.4, -0.2) is 14.5 Å². The molecule has 238 valence electrons. The maximum Gasteiger partial charge on any atom is 0.160 e. The highest BCUT2D eigenvalue weighted by Crippen LogP contribution is 2.43. The Bertz CT molecular complexity index is 3130. The van der Waals surface area contributed by atoms with E-state index in [1.165, 1.54) is 42.0 Å². The van der Waals surface area contributed by atoms with Gasteiger partial charge in [0.05, 0.1) is 22.4 Å². The number of aromatic nitrogens is 3. The molecule has 0 aliphatic heterocycles. The van der Waals surface area contributed by atoms with E-state index in [9.17, 15) is 0 Å². The highest BCUT2D eigenvalue weighted by Gasteiger charge is 2.18. The molecule has 0 fully saturated rings. The van der Waals surface area contributed by atoms with Crippen LogP contribution in [0.5, 0.6) is 0 Å². The van der Waals surface area contributed by atoms with Crippen LogP contribution in [0.4, 0.5) is 0 Å². The number of fused-ring (bicyclic) bond motifs is 10. The van der Waals surface area contributed by atoms with Crippen molar-refractivity contribution in [3.8, 4) is 39.6 Å². The van der Waals surface area contributed by atoms with Gasteiger partial charge in [0, 0.05) is 64.1 Å². The maximum atomic E-state index is 6.13. The molecule has 0 aliphatic rings. The molecule has 7 aromatic carbocycles. The van der Waals surface area contributed by atoms with Crippen LogP contribution >= 0.6 is 11.3 Å². The number of nitrogens with zero attached hydrogens (tertiary/aromatic N) is 3. The Balaban J connectivity index is 1.07. The molecule has 5 heteroatoms. The zero-order chi connectivity index (χ0) is 33.5. The Morgan fingerprint density at radius 1 is 0.451 bits per heavy atom. The maximum absolute atomic E-state index is 6.13. The highest BCUT2D eigenvalue weighted by atomic mass is 32.1. The van der Waals surface area contributed by atoms with Crippen LogP contribution in [0, 0.1) is 0 Å². The summed E-state index contributed by atoms with van der Waals surface area (Å²) in [6, 6.07) is 57.6. The number of hydrogen-bond acceptors (Lipinski definition) is 4. The van der Waals surface area contributed by atoms with E-state index in [1.807, 2.05) is 53.8 Å². The second-order valence-electron chi connectivity index (χ2n) is 13.0. The third-order valence-corrected chi connectivity index (χ3v) is 11.2. The molecular weight excluding hydrogens is 643 g/mol. The number of furan rings is 1. The van der Waals surface area contributed by atoms with Crippen LogP contribution in [0.1, 0.15) is 0 Å². The normalized spacial score (nSPS) is 11.9. The second-order valence-corrected chi connectivity index (χ2v) is 14.0.